The molecule has 110 valence electrons. The molecule has 1 aliphatic rings. The molecule has 1 atom stereocenters. The van der Waals surface area contributed by atoms with Crippen molar-refractivity contribution in [3.05, 3.63) is 29.8 Å². The fourth-order valence-corrected chi connectivity index (χ4v) is 2.66. The molecule has 1 saturated heterocycles. The molecule has 20 heavy (non-hydrogen) atoms. The van der Waals surface area contributed by atoms with Crippen LogP contribution in [0, 0.1) is 5.41 Å². The molecule has 0 aliphatic carbocycles. The molecule has 4 nitrogen and oxygen atoms in total. The number of methoxy groups -OCH3 is 1. The van der Waals surface area contributed by atoms with E-state index in [1.54, 1.807) is 7.11 Å². The van der Waals surface area contributed by atoms with Gasteiger partial charge in [-0.25, -0.2) is 0 Å². The Morgan fingerprint density at radius 1 is 1.50 bits per heavy atom. The first-order valence-electron chi connectivity index (χ1n) is 7.08. The SMILES string of the molecule is COc1cccc(CC(=O)N2CCC(N)C(C)(C)C2)c1. The lowest BCUT2D eigenvalue weighted by Crippen LogP contribution is -2.54. The van der Waals surface area contributed by atoms with Crippen LogP contribution in [0.4, 0.5) is 0 Å². The molecule has 0 radical (unpaired) electrons. The van der Waals surface area contributed by atoms with Gasteiger partial charge in [0, 0.05) is 19.1 Å². The summed E-state index contributed by atoms with van der Waals surface area (Å²) in [7, 11) is 1.63. The molecule has 1 fully saturated rings. The molecule has 2 rings (SSSR count). The molecule has 1 aromatic carbocycles. The van der Waals surface area contributed by atoms with Gasteiger partial charge in [-0.3, -0.25) is 4.79 Å². The number of hydrogen-bond acceptors (Lipinski definition) is 3. The van der Waals surface area contributed by atoms with E-state index in [1.807, 2.05) is 29.2 Å². The summed E-state index contributed by atoms with van der Waals surface area (Å²) in [5, 5.41) is 0. The summed E-state index contributed by atoms with van der Waals surface area (Å²) in [6.45, 7) is 5.75. The molecule has 0 spiro atoms. The normalized spacial score (nSPS) is 21.6. The summed E-state index contributed by atoms with van der Waals surface area (Å²) < 4.78 is 5.19. The van der Waals surface area contributed by atoms with Gasteiger partial charge in [0.05, 0.1) is 13.5 Å². The highest BCUT2D eigenvalue weighted by Gasteiger charge is 2.35. The molecule has 2 N–H and O–H groups in total. The quantitative estimate of drug-likeness (QED) is 0.916. The van der Waals surface area contributed by atoms with E-state index in [-0.39, 0.29) is 17.4 Å². The van der Waals surface area contributed by atoms with Crippen molar-refractivity contribution in [2.45, 2.75) is 32.7 Å². The topological polar surface area (TPSA) is 55.6 Å². The lowest BCUT2D eigenvalue weighted by Gasteiger charge is -2.42. The number of nitrogens with zero attached hydrogens (tertiary/aromatic N) is 1. The Balaban J connectivity index is 2.01. The predicted molar refractivity (Wildman–Crippen MR) is 79.7 cm³/mol. The average molecular weight is 276 g/mol. The lowest BCUT2D eigenvalue weighted by atomic mass is 9.79. The van der Waals surface area contributed by atoms with Gasteiger partial charge >= 0.3 is 0 Å². The second kappa shape index (κ2) is 5.83. The standard InChI is InChI=1S/C16H24N2O2/c1-16(2)11-18(8-7-14(16)17)15(19)10-12-5-4-6-13(9-12)20-3/h4-6,9,14H,7-8,10-11,17H2,1-3H3. The Morgan fingerprint density at radius 2 is 2.25 bits per heavy atom. The fraction of sp³-hybridized carbons (Fsp3) is 0.562. The first-order valence-corrected chi connectivity index (χ1v) is 7.08. The minimum atomic E-state index is -0.0116. The molecule has 1 aliphatic heterocycles. The Bertz CT molecular complexity index is 485. The molecule has 1 unspecified atom stereocenters. The Kier molecular flexibility index (Phi) is 4.33. The van der Waals surface area contributed by atoms with Crippen LogP contribution in [0.1, 0.15) is 25.8 Å². The summed E-state index contributed by atoms with van der Waals surface area (Å²) >= 11 is 0. The maximum Gasteiger partial charge on any atom is 0.227 e. The number of piperidine rings is 1. The van der Waals surface area contributed by atoms with Gasteiger partial charge in [0.1, 0.15) is 5.75 Å². The van der Waals surface area contributed by atoms with E-state index >= 15 is 0 Å². The van der Waals surface area contributed by atoms with Crippen molar-refractivity contribution in [3.63, 3.8) is 0 Å². The van der Waals surface area contributed by atoms with Crippen molar-refractivity contribution in [3.8, 4) is 5.75 Å². The molecule has 1 aromatic rings. The Labute approximate surface area is 120 Å². The van der Waals surface area contributed by atoms with Gasteiger partial charge in [0.15, 0.2) is 0 Å². The Morgan fingerprint density at radius 3 is 2.90 bits per heavy atom. The smallest absolute Gasteiger partial charge is 0.227 e. The van der Waals surface area contributed by atoms with Crippen molar-refractivity contribution in [2.24, 2.45) is 11.1 Å². The van der Waals surface area contributed by atoms with Crippen LogP contribution in [0.25, 0.3) is 0 Å². The second-order valence-corrected chi connectivity index (χ2v) is 6.23. The summed E-state index contributed by atoms with van der Waals surface area (Å²) in [5.41, 5.74) is 7.09. The van der Waals surface area contributed by atoms with E-state index in [1.165, 1.54) is 0 Å². The van der Waals surface area contributed by atoms with Gasteiger partial charge in [-0.1, -0.05) is 26.0 Å². The van der Waals surface area contributed by atoms with Crippen LogP contribution in [0.5, 0.6) is 5.75 Å². The molecule has 0 aromatic heterocycles. The van der Waals surface area contributed by atoms with Crippen LogP contribution in [-0.2, 0) is 11.2 Å². The summed E-state index contributed by atoms with van der Waals surface area (Å²) in [6, 6.07) is 7.84. The van der Waals surface area contributed by atoms with E-state index in [9.17, 15) is 4.79 Å². The molecule has 1 heterocycles. The zero-order valence-corrected chi connectivity index (χ0v) is 12.6. The molecular weight excluding hydrogens is 252 g/mol. The molecule has 0 bridgehead atoms. The monoisotopic (exact) mass is 276 g/mol. The van der Waals surface area contributed by atoms with E-state index in [2.05, 4.69) is 13.8 Å². The van der Waals surface area contributed by atoms with Crippen molar-refractivity contribution in [1.82, 2.24) is 4.90 Å². The second-order valence-electron chi connectivity index (χ2n) is 6.23. The number of ether oxygens (including phenoxy) is 1. The molecule has 1 amide bonds. The zero-order chi connectivity index (χ0) is 14.8. The van der Waals surface area contributed by atoms with Gasteiger partial charge in [-0.15, -0.1) is 0 Å². The minimum absolute atomic E-state index is 0.0116. The summed E-state index contributed by atoms with van der Waals surface area (Å²) in [4.78, 5) is 14.3. The third-order valence-corrected chi connectivity index (χ3v) is 4.15. The number of amides is 1. The molecular formula is C16H24N2O2. The number of nitrogens with two attached hydrogens (primary N) is 1. The Hall–Kier alpha value is -1.55. The van der Waals surface area contributed by atoms with E-state index in [0.717, 1.165) is 30.8 Å². The van der Waals surface area contributed by atoms with Gasteiger partial charge in [-0.2, -0.15) is 0 Å². The van der Waals surface area contributed by atoms with E-state index in [0.29, 0.717) is 6.42 Å². The van der Waals surface area contributed by atoms with E-state index in [4.69, 9.17) is 10.5 Å². The molecule has 4 heteroatoms. The number of likely N-dealkylation sites (tertiary alicyclic amines) is 1. The lowest BCUT2D eigenvalue weighted by molar-refractivity contribution is -0.133. The van der Waals surface area contributed by atoms with Crippen molar-refractivity contribution >= 4 is 5.91 Å². The third-order valence-electron chi connectivity index (χ3n) is 4.15. The zero-order valence-electron chi connectivity index (χ0n) is 12.6. The predicted octanol–water partition coefficient (Wildman–Crippen LogP) is 1.82. The number of rotatable bonds is 3. The van der Waals surface area contributed by atoms with Crippen LogP contribution in [-0.4, -0.2) is 37.0 Å². The van der Waals surface area contributed by atoms with Crippen molar-refractivity contribution in [2.75, 3.05) is 20.2 Å². The highest BCUT2D eigenvalue weighted by molar-refractivity contribution is 5.79. The number of carbonyl (C=O) groups is 1. The maximum absolute atomic E-state index is 12.4. The highest BCUT2D eigenvalue weighted by Crippen LogP contribution is 2.28. The summed E-state index contributed by atoms with van der Waals surface area (Å²) in [6.07, 6.45) is 1.29. The number of carbonyl (C=O) groups excluding carboxylic acids is 1. The van der Waals surface area contributed by atoms with Gasteiger partial charge in [0.25, 0.3) is 0 Å². The largest absolute Gasteiger partial charge is 0.497 e. The summed E-state index contributed by atoms with van der Waals surface area (Å²) in [5.74, 6) is 0.953. The van der Waals surface area contributed by atoms with Crippen LogP contribution in [0.2, 0.25) is 0 Å². The minimum Gasteiger partial charge on any atom is -0.497 e. The van der Waals surface area contributed by atoms with Crippen LogP contribution < -0.4 is 10.5 Å². The van der Waals surface area contributed by atoms with Crippen LogP contribution in [0.3, 0.4) is 0 Å². The third kappa shape index (κ3) is 3.31. The fourth-order valence-electron chi connectivity index (χ4n) is 2.66. The van der Waals surface area contributed by atoms with Crippen molar-refractivity contribution < 1.29 is 9.53 Å². The van der Waals surface area contributed by atoms with Crippen LogP contribution >= 0.6 is 0 Å². The van der Waals surface area contributed by atoms with E-state index < -0.39 is 0 Å². The van der Waals surface area contributed by atoms with Crippen LogP contribution in [0.15, 0.2) is 24.3 Å². The molecule has 0 saturated carbocycles. The highest BCUT2D eigenvalue weighted by atomic mass is 16.5. The number of hydrogen-bond donors (Lipinski definition) is 1. The first kappa shape index (κ1) is 14.9. The van der Waals surface area contributed by atoms with Gasteiger partial charge in [-0.05, 0) is 29.5 Å². The van der Waals surface area contributed by atoms with Crippen molar-refractivity contribution in [1.29, 1.82) is 0 Å². The number of benzene rings is 1. The maximum atomic E-state index is 12.4. The average Bonchev–Trinajstić information content (AvgIpc) is 2.42. The van der Waals surface area contributed by atoms with Gasteiger partial charge in [0.2, 0.25) is 5.91 Å². The first-order chi connectivity index (χ1) is 9.42. The van der Waals surface area contributed by atoms with Gasteiger partial charge < -0.3 is 15.4 Å².